The highest BCUT2D eigenvalue weighted by molar-refractivity contribution is 8.06. The molecule has 0 aliphatic carbocycles. The number of carbonyl (C=O) groups excluding carboxylic acids is 1. The van der Waals surface area contributed by atoms with Crippen LogP contribution in [-0.4, -0.2) is 62.7 Å². The highest BCUT2D eigenvalue weighted by Gasteiger charge is 2.40. The molecule has 1 aromatic rings. The largest absolute Gasteiger partial charge is 0.460 e. The van der Waals surface area contributed by atoms with Gasteiger partial charge in [-0.15, -0.1) is 0 Å². The highest BCUT2D eigenvalue weighted by Crippen LogP contribution is 2.30. The summed E-state index contributed by atoms with van der Waals surface area (Å²) in [7, 11) is -2.53. The molecule has 1 saturated heterocycles. The number of esters is 1. The average molecular weight is 468 g/mol. The van der Waals surface area contributed by atoms with Gasteiger partial charge in [0.1, 0.15) is 5.60 Å². The molecule has 1 aliphatic heterocycles. The molecular formula is C22H33N3O6S. The standard InChI is InChI=1S/C22H33N3O6S/c1-21(2,3)31-19(26)14-17-13-18(30-22(4,5)29-17)15-32(27,28)20(23-6)25(24-7)16-11-9-8-10-12-16/h8-12,17-18H,7,13-15H2,1-6H3/t17-,18+/m1/s1. The maximum absolute atomic E-state index is 13.3. The lowest BCUT2D eigenvalue weighted by Gasteiger charge is -2.40. The van der Waals surface area contributed by atoms with Crippen LogP contribution in [0.4, 0.5) is 5.69 Å². The highest BCUT2D eigenvalue weighted by atomic mass is 32.2. The summed E-state index contributed by atoms with van der Waals surface area (Å²) < 4.78 is 43.6. The van der Waals surface area contributed by atoms with Crippen molar-refractivity contribution < 1.29 is 27.4 Å². The number of sulfone groups is 1. The van der Waals surface area contributed by atoms with Gasteiger partial charge in [-0.3, -0.25) is 9.79 Å². The van der Waals surface area contributed by atoms with E-state index in [0.717, 1.165) is 0 Å². The zero-order valence-electron chi connectivity index (χ0n) is 19.6. The number of ether oxygens (including phenoxy) is 3. The van der Waals surface area contributed by atoms with E-state index in [2.05, 4.69) is 16.8 Å². The van der Waals surface area contributed by atoms with E-state index in [1.165, 1.54) is 12.1 Å². The topological polar surface area (TPSA) is 107 Å². The molecule has 0 saturated carbocycles. The fourth-order valence-electron chi connectivity index (χ4n) is 3.52. The molecule has 0 N–H and O–H groups in total. The molecule has 0 bridgehead atoms. The van der Waals surface area contributed by atoms with Gasteiger partial charge in [-0.05, 0) is 46.8 Å². The van der Waals surface area contributed by atoms with Gasteiger partial charge in [0.15, 0.2) is 5.79 Å². The van der Waals surface area contributed by atoms with Crippen LogP contribution < -0.4 is 5.01 Å². The van der Waals surface area contributed by atoms with Gasteiger partial charge >= 0.3 is 5.97 Å². The molecule has 0 aromatic heterocycles. The summed E-state index contributed by atoms with van der Waals surface area (Å²) in [5.41, 5.74) is -0.103. The lowest BCUT2D eigenvalue weighted by molar-refractivity contribution is -0.295. The van der Waals surface area contributed by atoms with Crippen LogP contribution >= 0.6 is 0 Å². The predicted molar refractivity (Wildman–Crippen MR) is 125 cm³/mol. The van der Waals surface area contributed by atoms with Gasteiger partial charge in [-0.1, -0.05) is 18.2 Å². The molecule has 10 heteroatoms. The number of carbonyl (C=O) groups is 1. The molecule has 0 radical (unpaired) electrons. The molecule has 2 rings (SSSR count). The molecule has 32 heavy (non-hydrogen) atoms. The molecular weight excluding hydrogens is 434 g/mol. The summed E-state index contributed by atoms with van der Waals surface area (Å²) in [5, 5.41) is 4.79. The number of amidine groups is 1. The van der Waals surface area contributed by atoms with Crippen molar-refractivity contribution in [3.8, 4) is 0 Å². The number of hydrogen-bond donors (Lipinski definition) is 0. The minimum absolute atomic E-state index is 0.000312. The minimum atomic E-state index is -3.92. The van der Waals surface area contributed by atoms with E-state index in [9.17, 15) is 13.2 Å². The molecule has 1 aliphatic rings. The van der Waals surface area contributed by atoms with E-state index >= 15 is 0 Å². The third kappa shape index (κ3) is 7.39. The molecule has 178 valence electrons. The number of hydrogen-bond acceptors (Lipinski definition) is 8. The fraction of sp³-hybridized carbons (Fsp3) is 0.591. The number of para-hydroxylation sites is 1. The minimum Gasteiger partial charge on any atom is -0.460 e. The van der Waals surface area contributed by atoms with Gasteiger partial charge in [0.2, 0.25) is 15.0 Å². The van der Waals surface area contributed by atoms with E-state index in [0.29, 0.717) is 5.69 Å². The summed E-state index contributed by atoms with van der Waals surface area (Å²) in [6.07, 6.45) is -1.04. The summed E-state index contributed by atoms with van der Waals surface area (Å²) in [6, 6.07) is 8.75. The van der Waals surface area contributed by atoms with Crippen molar-refractivity contribution in [2.45, 2.75) is 71.1 Å². The SMILES string of the molecule is C=NN(C(=NC)S(=O)(=O)C[C@@H]1C[C@H](CC(=O)OC(C)(C)C)OC(C)(C)O1)c1ccccc1. The van der Waals surface area contributed by atoms with Crippen LogP contribution in [0.1, 0.15) is 47.5 Å². The quantitative estimate of drug-likeness (QED) is 0.274. The second kappa shape index (κ2) is 10.1. The average Bonchev–Trinajstić information content (AvgIpc) is 2.62. The maximum atomic E-state index is 13.3. The Morgan fingerprint density at radius 3 is 2.34 bits per heavy atom. The third-order valence-electron chi connectivity index (χ3n) is 4.44. The molecule has 9 nitrogen and oxygen atoms in total. The van der Waals surface area contributed by atoms with Crippen LogP contribution in [0.5, 0.6) is 0 Å². The van der Waals surface area contributed by atoms with Crippen LogP contribution in [0.3, 0.4) is 0 Å². The molecule has 0 unspecified atom stereocenters. The van der Waals surface area contributed by atoms with Crippen LogP contribution in [0.2, 0.25) is 0 Å². The number of benzene rings is 1. The van der Waals surface area contributed by atoms with Crippen molar-refractivity contribution in [2.75, 3.05) is 17.8 Å². The van der Waals surface area contributed by atoms with Gasteiger partial charge < -0.3 is 14.2 Å². The molecule has 1 fully saturated rings. The number of hydrazone groups is 1. The molecule has 1 heterocycles. The second-order valence-electron chi connectivity index (χ2n) is 8.98. The Labute approximate surface area is 190 Å². The molecule has 2 atom stereocenters. The van der Waals surface area contributed by atoms with Gasteiger partial charge in [0.25, 0.3) is 0 Å². The van der Waals surface area contributed by atoms with Gasteiger partial charge in [0, 0.05) is 20.2 Å². The van der Waals surface area contributed by atoms with Gasteiger partial charge in [0.05, 0.1) is 30.1 Å². The second-order valence-corrected chi connectivity index (χ2v) is 10.9. The summed E-state index contributed by atoms with van der Waals surface area (Å²) >= 11 is 0. The lowest BCUT2D eigenvalue weighted by atomic mass is 10.1. The lowest BCUT2D eigenvalue weighted by Crippen LogP contribution is -2.49. The van der Waals surface area contributed by atoms with Crippen molar-refractivity contribution in [3.05, 3.63) is 30.3 Å². The summed E-state index contributed by atoms with van der Waals surface area (Å²) in [5.74, 6) is -1.83. The van der Waals surface area contributed by atoms with Crippen molar-refractivity contribution in [3.63, 3.8) is 0 Å². The van der Waals surface area contributed by atoms with E-state index in [-0.39, 0.29) is 23.8 Å². The number of aliphatic imine (C=N–C) groups is 1. The molecule has 1 aromatic carbocycles. The number of rotatable bonds is 6. The van der Waals surface area contributed by atoms with Gasteiger partial charge in [-0.2, -0.15) is 5.10 Å². The van der Waals surface area contributed by atoms with Crippen LogP contribution in [0, 0.1) is 0 Å². The Kier molecular flexibility index (Phi) is 8.19. The fourth-order valence-corrected chi connectivity index (χ4v) is 5.07. The Bertz CT molecular complexity index is 938. The first kappa shape index (κ1) is 26.0. The van der Waals surface area contributed by atoms with Crippen molar-refractivity contribution in [1.29, 1.82) is 0 Å². The Morgan fingerprint density at radius 1 is 1.22 bits per heavy atom. The number of anilines is 1. The molecule has 0 spiro atoms. The summed E-state index contributed by atoms with van der Waals surface area (Å²) in [4.78, 5) is 16.2. The number of nitrogens with zero attached hydrogens (tertiary/aromatic N) is 3. The van der Waals surface area contributed by atoms with Crippen LogP contribution in [0.15, 0.2) is 40.4 Å². The zero-order valence-corrected chi connectivity index (χ0v) is 20.4. The third-order valence-corrected chi connectivity index (χ3v) is 6.16. The Hall–Kier alpha value is -2.30. The first-order chi connectivity index (χ1) is 14.8. The first-order valence-electron chi connectivity index (χ1n) is 10.3. The Morgan fingerprint density at radius 2 is 1.81 bits per heavy atom. The monoisotopic (exact) mass is 467 g/mol. The maximum Gasteiger partial charge on any atom is 0.308 e. The van der Waals surface area contributed by atoms with Crippen LogP contribution in [0.25, 0.3) is 0 Å². The Balaban J connectivity index is 2.19. The predicted octanol–water partition coefficient (Wildman–Crippen LogP) is 3.15. The van der Waals surface area contributed by atoms with Crippen molar-refractivity contribution in [2.24, 2.45) is 10.1 Å². The molecule has 0 amide bonds. The van der Waals surface area contributed by atoms with Crippen LogP contribution in [-0.2, 0) is 28.8 Å². The van der Waals surface area contributed by atoms with Crippen molar-refractivity contribution in [1.82, 2.24) is 0 Å². The smallest absolute Gasteiger partial charge is 0.308 e. The zero-order chi connectivity index (χ0) is 24.2. The van der Waals surface area contributed by atoms with Gasteiger partial charge in [-0.25, -0.2) is 13.4 Å². The van der Waals surface area contributed by atoms with E-state index in [1.54, 1.807) is 58.9 Å². The van der Waals surface area contributed by atoms with E-state index in [1.807, 2.05) is 6.07 Å². The van der Waals surface area contributed by atoms with Crippen molar-refractivity contribution >= 4 is 33.4 Å². The first-order valence-corrected chi connectivity index (χ1v) is 12.0. The van der Waals surface area contributed by atoms with E-state index in [4.69, 9.17) is 14.2 Å². The summed E-state index contributed by atoms with van der Waals surface area (Å²) in [6.45, 7) is 12.2. The van der Waals surface area contributed by atoms with E-state index < -0.39 is 39.4 Å². The normalized spacial score (nSPS) is 21.6.